The molecule has 196 valence electrons. The number of thiazole rings is 1. The third-order valence-corrected chi connectivity index (χ3v) is 7.59. The number of piperidine rings is 1. The van der Waals surface area contributed by atoms with Crippen molar-refractivity contribution in [3.8, 4) is 11.1 Å². The summed E-state index contributed by atoms with van der Waals surface area (Å²) in [6.07, 6.45) is -0.260. The molecule has 1 N–H and O–H groups in total. The number of rotatable bonds is 5. The number of aliphatic hydroxyl groups is 1. The number of hydrogen-bond acceptors (Lipinski definition) is 6. The Hall–Kier alpha value is -3.83. The zero-order valence-corrected chi connectivity index (χ0v) is 20.9. The standard InChI is InChI=1S/C27H23F3N4O3S/c28-27(29,30)19-7-5-17(6-8-19)21-3-1-2-4-22(21)25(36)33-11-9-18(10-12-33)24-32-23(15-38-24)26(37)34-13-20(14-35)31-16-34/h1-8,13,15-16,18,35H,9-12,14H2. The summed E-state index contributed by atoms with van der Waals surface area (Å²) in [5, 5.41) is 11.7. The van der Waals surface area contributed by atoms with Crippen molar-refractivity contribution in [2.75, 3.05) is 13.1 Å². The number of benzene rings is 2. The number of likely N-dealkylation sites (tertiary alicyclic amines) is 1. The quantitative estimate of drug-likeness (QED) is 0.375. The first kappa shape index (κ1) is 25.8. The van der Waals surface area contributed by atoms with Crippen molar-refractivity contribution in [2.24, 2.45) is 0 Å². The second kappa shape index (κ2) is 10.5. The number of halogens is 3. The number of hydrogen-bond donors (Lipinski definition) is 1. The van der Waals surface area contributed by atoms with Crippen LogP contribution in [0.1, 0.15) is 55.9 Å². The first-order chi connectivity index (χ1) is 18.2. The van der Waals surface area contributed by atoms with E-state index in [4.69, 9.17) is 5.11 Å². The second-order valence-corrected chi connectivity index (χ2v) is 9.88. The second-order valence-electron chi connectivity index (χ2n) is 8.99. The first-order valence-electron chi connectivity index (χ1n) is 11.9. The van der Waals surface area contributed by atoms with Crippen molar-refractivity contribution in [3.05, 3.63) is 94.0 Å². The minimum Gasteiger partial charge on any atom is -0.390 e. The highest BCUT2D eigenvalue weighted by molar-refractivity contribution is 7.09. The zero-order chi connectivity index (χ0) is 26.9. The molecule has 0 bridgehead atoms. The van der Waals surface area contributed by atoms with Crippen molar-refractivity contribution in [1.29, 1.82) is 0 Å². The molecule has 7 nitrogen and oxygen atoms in total. The normalized spacial score (nSPS) is 14.6. The third-order valence-electron chi connectivity index (χ3n) is 6.59. The first-order valence-corrected chi connectivity index (χ1v) is 12.8. The van der Waals surface area contributed by atoms with Crippen LogP contribution in [0.2, 0.25) is 0 Å². The Balaban J connectivity index is 1.26. The fourth-order valence-corrected chi connectivity index (χ4v) is 5.49. The Morgan fingerprint density at radius 3 is 2.39 bits per heavy atom. The maximum Gasteiger partial charge on any atom is 0.416 e. The van der Waals surface area contributed by atoms with Gasteiger partial charge in [-0.3, -0.25) is 14.2 Å². The van der Waals surface area contributed by atoms with E-state index in [1.165, 1.54) is 40.6 Å². The van der Waals surface area contributed by atoms with E-state index in [-0.39, 0.29) is 24.3 Å². The summed E-state index contributed by atoms with van der Waals surface area (Å²) in [4.78, 5) is 36.3. The van der Waals surface area contributed by atoms with E-state index < -0.39 is 11.7 Å². The lowest BCUT2D eigenvalue weighted by Gasteiger charge is -2.31. The van der Waals surface area contributed by atoms with Gasteiger partial charge in [0.15, 0.2) is 0 Å². The topological polar surface area (TPSA) is 88.3 Å². The van der Waals surface area contributed by atoms with Gasteiger partial charge in [0.1, 0.15) is 12.0 Å². The van der Waals surface area contributed by atoms with Gasteiger partial charge in [0.05, 0.1) is 22.9 Å². The Labute approximate surface area is 220 Å². The van der Waals surface area contributed by atoms with E-state index in [0.717, 1.165) is 17.1 Å². The molecule has 4 aromatic rings. The molecule has 1 aliphatic heterocycles. The van der Waals surface area contributed by atoms with Crippen molar-refractivity contribution >= 4 is 23.2 Å². The highest BCUT2D eigenvalue weighted by atomic mass is 32.1. The van der Waals surface area contributed by atoms with E-state index in [0.29, 0.717) is 54.0 Å². The highest BCUT2D eigenvalue weighted by Crippen LogP contribution is 2.34. The average Bonchev–Trinajstić information content (AvgIpc) is 3.63. The number of alkyl halides is 3. The molecule has 0 unspecified atom stereocenters. The number of amides is 1. The van der Waals surface area contributed by atoms with Crippen molar-refractivity contribution in [3.63, 3.8) is 0 Å². The molecule has 38 heavy (non-hydrogen) atoms. The molecule has 5 rings (SSSR count). The lowest BCUT2D eigenvalue weighted by Crippen LogP contribution is -2.38. The van der Waals surface area contributed by atoms with Gasteiger partial charge in [-0.2, -0.15) is 13.2 Å². The maximum absolute atomic E-state index is 13.4. The lowest BCUT2D eigenvalue weighted by atomic mass is 9.94. The molecule has 0 aliphatic carbocycles. The molecule has 1 saturated heterocycles. The molecular weight excluding hydrogens is 517 g/mol. The third kappa shape index (κ3) is 5.25. The highest BCUT2D eigenvalue weighted by Gasteiger charge is 2.31. The van der Waals surface area contributed by atoms with Crippen LogP contribution in [0.25, 0.3) is 11.1 Å². The van der Waals surface area contributed by atoms with Gasteiger partial charge in [0.2, 0.25) is 0 Å². The van der Waals surface area contributed by atoms with Gasteiger partial charge >= 0.3 is 6.18 Å². The Kier molecular flexibility index (Phi) is 7.13. The van der Waals surface area contributed by atoms with E-state index in [1.54, 1.807) is 34.5 Å². The van der Waals surface area contributed by atoms with Crippen LogP contribution in [0, 0.1) is 0 Å². The van der Waals surface area contributed by atoms with Crippen LogP contribution in [-0.4, -0.2) is 49.4 Å². The van der Waals surface area contributed by atoms with Crippen LogP contribution in [0.5, 0.6) is 0 Å². The van der Waals surface area contributed by atoms with Gasteiger partial charge in [-0.05, 0) is 42.2 Å². The number of aromatic nitrogens is 3. The summed E-state index contributed by atoms with van der Waals surface area (Å²) in [6, 6.07) is 11.7. The summed E-state index contributed by atoms with van der Waals surface area (Å²) in [6.45, 7) is 0.735. The molecule has 2 aromatic carbocycles. The summed E-state index contributed by atoms with van der Waals surface area (Å²) < 4.78 is 40.2. The van der Waals surface area contributed by atoms with Gasteiger partial charge in [-0.1, -0.05) is 30.3 Å². The van der Waals surface area contributed by atoms with Crippen molar-refractivity contribution < 1.29 is 27.9 Å². The molecule has 0 spiro atoms. The molecule has 11 heteroatoms. The van der Waals surface area contributed by atoms with E-state index in [1.807, 2.05) is 0 Å². The van der Waals surface area contributed by atoms with Crippen molar-refractivity contribution in [2.45, 2.75) is 31.5 Å². The summed E-state index contributed by atoms with van der Waals surface area (Å²) in [5.41, 5.74) is 1.53. The molecule has 1 amide bonds. The molecule has 1 fully saturated rings. The van der Waals surface area contributed by atoms with E-state index >= 15 is 0 Å². The molecule has 0 saturated carbocycles. The largest absolute Gasteiger partial charge is 0.416 e. The van der Waals surface area contributed by atoms with Gasteiger partial charge in [-0.15, -0.1) is 11.3 Å². The molecular formula is C27H23F3N4O3S. The molecule has 0 atom stereocenters. The van der Waals surface area contributed by atoms with Crippen LogP contribution in [0.3, 0.4) is 0 Å². The smallest absolute Gasteiger partial charge is 0.390 e. The molecule has 0 radical (unpaired) electrons. The Bertz CT molecular complexity index is 1450. The van der Waals surface area contributed by atoms with Crippen LogP contribution in [-0.2, 0) is 12.8 Å². The lowest BCUT2D eigenvalue weighted by molar-refractivity contribution is -0.137. The van der Waals surface area contributed by atoms with Crippen LogP contribution in [0.15, 0.2) is 66.4 Å². The number of carbonyl (C=O) groups is 2. The zero-order valence-electron chi connectivity index (χ0n) is 20.1. The number of nitrogens with zero attached hydrogens (tertiary/aromatic N) is 4. The predicted octanol–water partition coefficient (Wildman–Crippen LogP) is 5.23. The minimum absolute atomic E-state index is 0.103. The molecule has 3 heterocycles. The van der Waals surface area contributed by atoms with Gasteiger partial charge < -0.3 is 10.0 Å². The van der Waals surface area contributed by atoms with Gasteiger partial charge in [-0.25, -0.2) is 9.97 Å². The van der Waals surface area contributed by atoms with E-state index in [9.17, 15) is 22.8 Å². The number of carbonyl (C=O) groups excluding carboxylic acids is 2. The van der Waals surface area contributed by atoms with Gasteiger partial charge in [0.25, 0.3) is 11.8 Å². The molecule has 1 aliphatic rings. The van der Waals surface area contributed by atoms with Gasteiger partial charge in [0, 0.05) is 36.1 Å². The summed E-state index contributed by atoms with van der Waals surface area (Å²) >= 11 is 1.40. The maximum atomic E-state index is 13.4. The minimum atomic E-state index is -4.42. The number of aliphatic hydroxyl groups excluding tert-OH is 1. The summed E-state index contributed by atoms with van der Waals surface area (Å²) in [5.74, 6) is -0.396. The average molecular weight is 541 g/mol. The number of imidazole rings is 1. The van der Waals surface area contributed by atoms with Crippen LogP contribution >= 0.6 is 11.3 Å². The monoisotopic (exact) mass is 540 g/mol. The van der Waals surface area contributed by atoms with Crippen LogP contribution in [0.4, 0.5) is 13.2 Å². The summed E-state index contributed by atoms with van der Waals surface area (Å²) in [7, 11) is 0. The predicted molar refractivity (Wildman–Crippen MR) is 135 cm³/mol. The Morgan fingerprint density at radius 1 is 1.03 bits per heavy atom. The molecule has 2 aromatic heterocycles. The van der Waals surface area contributed by atoms with Crippen LogP contribution < -0.4 is 0 Å². The fourth-order valence-electron chi connectivity index (χ4n) is 4.52. The SMILES string of the molecule is O=C(c1ccccc1-c1ccc(C(F)(F)F)cc1)N1CCC(c2nc(C(=O)n3cnc(CO)c3)cs2)CC1. The Morgan fingerprint density at radius 2 is 1.74 bits per heavy atom. The fraction of sp³-hybridized carbons (Fsp3) is 0.259. The van der Waals surface area contributed by atoms with E-state index in [2.05, 4.69) is 9.97 Å². The van der Waals surface area contributed by atoms with Crippen molar-refractivity contribution in [1.82, 2.24) is 19.4 Å².